The number of hydrogen-bond acceptors (Lipinski definition) is 3. The van der Waals surface area contributed by atoms with Gasteiger partial charge in [0.1, 0.15) is 5.82 Å². The van der Waals surface area contributed by atoms with Gasteiger partial charge in [0.2, 0.25) is 0 Å². The number of sulfonamides is 1. The summed E-state index contributed by atoms with van der Waals surface area (Å²) in [6.07, 6.45) is 1.73. The number of rotatable bonds is 5. The number of nitrogens with one attached hydrogen (secondary N) is 1. The summed E-state index contributed by atoms with van der Waals surface area (Å²) in [7, 11) is -3.75. The maximum atomic E-state index is 13.1. The Morgan fingerprint density at radius 3 is 2.38 bits per heavy atom. The first-order valence-corrected chi connectivity index (χ1v) is 8.89. The van der Waals surface area contributed by atoms with Gasteiger partial charge in [-0.1, -0.05) is 30.3 Å². The Kier molecular flexibility index (Phi) is 4.35. The van der Waals surface area contributed by atoms with Crippen LogP contribution in [0.25, 0.3) is 11.1 Å². The van der Waals surface area contributed by atoms with Crippen molar-refractivity contribution in [2.24, 2.45) is 0 Å². The normalized spacial score (nSPS) is 11.4. The fourth-order valence-corrected chi connectivity index (χ4v) is 3.32. The Balaban J connectivity index is 2.02. The van der Waals surface area contributed by atoms with Gasteiger partial charge in [0.25, 0.3) is 10.0 Å². The first-order chi connectivity index (χ1) is 11.5. The van der Waals surface area contributed by atoms with Crippen molar-refractivity contribution in [3.8, 4) is 11.1 Å². The van der Waals surface area contributed by atoms with Crippen LogP contribution in [-0.4, -0.2) is 18.2 Å². The number of benzene rings is 2. The first-order valence-electron chi connectivity index (χ1n) is 7.41. The lowest BCUT2D eigenvalue weighted by Gasteiger charge is -2.07. The third-order valence-electron chi connectivity index (χ3n) is 3.53. The molecule has 3 rings (SSSR count). The molecule has 0 aliphatic heterocycles. The van der Waals surface area contributed by atoms with Crippen LogP contribution in [-0.2, 0) is 16.6 Å². The highest BCUT2D eigenvalue weighted by atomic mass is 32.2. The fourth-order valence-electron chi connectivity index (χ4n) is 2.29. The summed E-state index contributed by atoms with van der Waals surface area (Å²) in [5.41, 5.74) is 1.28. The lowest BCUT2D eigenvalue weighted by Crippen LogP contribution is -2.14. The molecular weight excluding hydrogens is 329 g/mol. The summed E-state index contributed by atoms with van der Waals surface area (Å²) < 4.78 is 42.3. The molecule has 5 nitrogen and oxygen atoms in total. The molecule has 24 heavy (non-hydrogen) atoms. The van der Waals surface area contributed by atoms with Crippen LogP contribution in [0.2, 0.25) is 0 Å². The Morgan fingerprint density at radius 1 is 1.08 bits per heavy atom. The Morgan fingerprint density at radius 2 is 1.75 bits per heavy atom. The molecule has 0 bridgehead atoms. The highest BCUT2D eigenvalue weighted by Gasteiger charge is 2.19. The van der Waals surface area contributed by atoms with E-state index in [1.165, 1.54) is 24.3 Å². The summed E-state index contributed by atoms with van der Waals surface area (Å²) >= 11 is 0. The van der Waals surface area contributed by atoms with E-state index in [9.17, 15) is 12.8 Å². The van der Waals surface area contributed by atoms with Gasteiger partial charge < -0.3 is 0 Å². The van der Waals surface area contributed by atoms with Crippen LogP contribution in [0.4, 0.5) is 10.2 Å². The minimum absolute atomic E-state index is 0.154. The van der Waals surface area contributed by atoms with E-state index in [1.54, 1.807) is 41.2 Å². The van der Waals surface area contributed by atoms with E-state index in [-0.39, 0.29) is 16.5 Å². The second kappa shape index (κ2) is 6.45. The van der Waals surface area contributed by atoms with E-state index < -0.39 is 10.0 Å². The maximum absolute atomic E-state index is 13.1. The summed E-state index contributed by atoms with van der Waals surface area (Å²) in [5.74, 6) is -0.139. The van der Waals surface area contributed by atoms with Gasteiger partial charge in [-0.05, 0) is 36.8 Å². The van der Waals surface area contributed by atoms with E-state index in [4.69, 9.17) is 0 Å². The van der Waals surface area contributed by atoms with Crippen LogP contribution in [0.3, 0.4) is 0 Å². The number of aromatic nitrogens is 2. The number of halogens is 1. The molecule has 0 aliphatic rings. The predicted octanol–water partition coefficient (Wildman–Crippen LogP) is 3.51. The molecule has 124 valence electrons. The van der Waals surface area contributed by atoms with Gasteiger partial charge in [0.05, 0.1) is 4.90 Å². The quantitative estimate of drug-likeness (QED) is 0.770. The highest BCUT2D eigenvalue weighted by molar-refractivity contribution is 7.92. The van der Waals surface area contributed by atoms with Crippen molar-refractivity contribution in [2.45, 2.75) is 18.4 Å². The summed E-state index contributed by atoms with van der Waals surface area (Å²) in [5, 5.41) is 4.27. The minimum Gasteiger partial charge on any atom is -0.270 e. The average molecular weight is 345 g/mol. The molecule has 3 aromatic rings. The molecule has 1 N–H and O–H groups in total. The highest BCUT2D eigenvalue weighted by Crippen LogP contribution is 2.29. The molecule has 0 atom stereocenters. The Labute approximate surface area is 139 Å². The van der Waals surface area contributed by atoms with Crippen LogP contribution >= 0.6 is 0 Å². The second-order valence-electron chi connectivity index (χ2n) is 5.17. The van der Waals surface area contributed by atoms with Gasteiger partial charge in [-0.15, -0.1) is 0 Å². The zero-order chi connectivity index (χ0) is 17.2. The molecule has 0 radical (unpaired) electrons. The molecule has 2 aromatic carbocycles. The van der Waals surface area contributed by atoms with E-state index in [0.29, 0.717) is 17.7 Å². The molecule has 1 heterocycles. The standard InChI is InChI=1S/C17H16FN3O2S/c1-2-21-12-16(13-8-10-14(18)11-9-13)17(19-21)20-24(22,23)15-6-4-3-5-7-15/h3-12H,2H2,1H3,(H,19,20). The minimum atomic E-state index is -3.75. The van der Waals surface area contributed by atoms with Crippen molar-refractivity contribution in [1.82, 2.24) is 9.78 Å². The second-order valence-corrected chi connectivity index (χ2v) is 6.85. The molecule has 0 spiro atoms. The maximum Gasteiger partial charge on any atom is 0.263 e. The topological polar surface area (TPSA) is 64.0 Å². The van der Waals surface area contributed by atoms with Gasteiger partial charge in [0.15, 0.2) is 5.82 Å². The first kappa shape index (κ1) is 16.2. The van der Waals surface area contributed by atoms with Gasteiger partial charge in [-0.2, -0.15) is 5.10 Å². The van der Waals surface area contributed by atoms with Crippen molar-refractivity contribution in [1.29, 1.82) is 0 Å². The van der Waals surface area contributed by atoms with Crippen LogP contribution in [0, 0.1) is 5.82 Å². The Bertz CT molecular complexity index is 936. The molecule has 0 aliphatic carbocycles. The van der Waals surface area contributed by atoms with Crippen molar-refractivity contribution in [3.63, 3.8) is 0 Å². The summed E-state index contributed by atoms with van der Waals surface area (Å²) in [6.45, 7) is 2.48. The largest absolute Gasteiger partial charge is 0.270 e. The van der Waals surface area contributed by atoms with Gasteiger partial charge >= 0.3 is 0 Å². The molecular formula is C17H16FN3O2S. The van der Waals surface area contributed by atoms with Crippen LogP contribution in [0.5, 0.6) is 0 Å². The van der Waals surface area contributed by atoms with Gasteiger partial charge in [-0.3, -0.25) is 9.40 Å². The van der Waals surface area contributed by atoms with Crippen LogP contribution < -0.4 is 4.72 Å². The van der Waals surface area contributed by atoms with Crippen molar-refractivity contribution in [3.05, 3.63) is 66.6 Å². The van der Waals surface area contributed by atoms with Gasteiger partial charge in [-0.25, -0.2) is 12.8 Å². The third-order valence-corrected chi connectivity index (χ3v) is 4.88. The predicted molar refractivity (Wildman–Crippen MR) is 90.5 cm³/mol. The van der Waals surface area contributed by atoms with E-state index in [0.717, 1.165) is 0 Å². The fraction of sp³-hybridized carbons (Fsp3) is 0.118. The lowest BCUT2D eigenvalue weighted by atomic mass is 10.1. The van der Waals surface area contributed by atoms with Crippen molar-refractivity contribution < 1.29 is 12.8 Å². The number of hydrogen-bond donors (Lipinski definition) is 1. The number of anilines is 1. The molecule has 0 saturated carbocycles. The third kappa shape index (κ3) is 3.30. The van der Waals surface area contributed by atoms with E-state index in [2.05, 4.69) is 9.82 Å². The molecule has 0 saturated heterocycles. The van der Waals surface area contributed by atoms with E-state index >= 15 is 0 Å². The zero-order valence-electron chi connectivity index (χ0n) is 13.0. The summed E-state index contributed by atoms with van der Waals surface area (Å²) in [4.78, 5) is 0.154. The van der Waals surface area contributed by atoms with Gasteiger partial charge in [0, 0.05) is 18.3 Å². The average Bonchev–Trinajstić information content (AvgIpc) is 2.98. The van der Waals surface area contributed by atoms with E-state index in [1.807, 2.05) is 6.92 Å². The monoisotopic (exact) mass is 345 g/mol. The summed E-state index contributed by atoms with van der Waals surface area (Å²) in [6, 6.07) is 13.9. The van der Waals surface area contributed by atoms with Crippen molar-refractivity contribution in [2.75, 3.05) is 4.72 Å². The molecule has 0 unspecified atom stereocenters. The van der Waals surface area contributed by atoms with Crippen molar-refractivity contribution >= 4 is 15.8 Å². The zero-order valence-corrected chi connectivity index (χ0v) is 13.8. The van der Waals surface area contributed by atoms with Crippen LogP contribution in [0.15, 0.2) is 65.7 Å². The Hall–Kier alpha value is -2.67. The smallest absolute Gasteiger partial charge is 0.263 e. The molecule has 0 fully saturated rings. The number of aryl methyl sites for hydroxylation is 1. The molecule has 1 aromatic heterocycles. The number of nitrogens with zero attached hydrogens (tertiary/aromatic N) is 2. The molecule has 7 heteroatoms. The SMILES string of the molecule is CCn1cc(-c2ccc(F)cc2)c(NS(=O)(=O)c2ccccc2)n1. The van der Waals surface area contributed by atoms with Crippen LogP contribution in [0.1, 0.15) is 6.92 Å². The lowest BCUT2D eigenvalue weighted by molar-refractivity contribution is 0.600. The molecule has 0 amide bonds.